The van der Waals surface area contributed by atoms with Gasteiger partial charge in [-0.2, -0.15) is 0 Å². The Morgan fingerprint density at radius 3 is 2.85 bits per heavy atom. The topological polar surface area (TPSA) is 38.9 Å². The molecule has 0 saturated carbocycles. The molecule has 0 atom stereocenters. The number of hydrogen-bond donors (Lipinski definition) is 0. The summed E-state index contributed by atoms with van der Waals surface area (Å²) in [6, 6.07) is 14.3. The number of benzene rings is 2. The standard InChI is InChI=1S/C17H12N2O/c1-11-19-16-8-12(6-7-17(16)20-11)15-10-18-9-13-4-2-3-5-14(13)15/h2-10H,1H3. The van der Waals surface area contributed by atoms with Gasteiger partial charge in [-0.3, -0.25) is 4.98 Å². The Labute approximate surface area is 115 Å². The van der Waals surface area contributed by atoms with Gasteiger partial charge in [0.2, 0.25) is 0 Å². The van der Waals surface area contributed by atoms with E-state index in [9.17, 15) is 0 Å². The van der Waals surface area contributed by atoms with Crippen LogP contribution in [0, 0.1) is 6.92 Å². The summed E-state index contributed by atoms with van der Waals surface area (Å²) in [4.78, 5) is 8.72. The first kappa shape index (κ1) is 11.2. The minimum absolute atomic E-state index is 0.688. The summed E-state index contributed by atoms with van der Waals surface area (Å²) in [5.74, 6) is 0.688. The third-order valence-electron chi connectivity index (χ3n) is 3.47. The predicted molar refractivity (Wildman–Crippen MR) is 79.5 cm³/mol. The summed E-state index contributed by atoms with van der Waals surface area (Å²) < 4.78 is 5.52. The Balaban J connectivity index is 2.00. The van der Waals surface area contributed by atoms with Crippen molar-refractivity contribution in [3.8, 4) is 11.1 Å². The summed E-state index contributed by atoms with van der Waals surface area (Å²) >= 11 is 0. The Bertz CT molecular complexity index is 919. The minimum atomic E-state index is 0.688. The van der Waals surface area contributed by atoms with Gasteiger partial charge in [0.1, 0.15) is 5.52 Å². The molecule has 2 aromatic carbocycles. The Kier molecular flexibility index (Phi) is 2.33. The van der Waals surface area contributed by atoms with Gasteiger partial charge in [0.05, 0.1) is 0 Å². The average Bonchev–Trinajstić information content (AvgIpc) is 2.85. The highest BCUT2D eigenvalue weighted by Gasteiger charge is 2.07. The highest BCUT2D eigenvalue weighted by molar-refractivity contribution is 5.97. The third kappa shape index (κ3) is 1.67. The van der Waals surface area contributed by atoms with E-state index in [1.165, 1.54) is 5.39 Å². The first-order valence-electron chi connectivity index (χ1n) is 6.51. The zero-order chi connectivity index (χ0) is 13.5. The van der Waals surface area contributed by atoms with Crippen LogP contribution < -0.4 is 0 Å². The number of hydrogen-bond acceptors (Lipinski definition) is 3. The second-order valence-electron chi connectivity index (χ2n) is 4.82. The highest BCUT2D eigenvalue weighted by Crippen LogP contribution is 2.29. The molecule has 2 aromatic heterocycles. The van der Waals surface area contributed by atoms with Crippen LogP contribution in [0.1, 0.15) is 5.89 Å². The van der Waals surface area contributed by atoms with Gasteiger partial charge in [0.25, 0.3) is 0 Å². The molecule has 0 saturated heterocycles. The predicted octanol–water partition coefficient (Wildman–Crippen LogP) is 4.35. The van der Waals surface area contributed by atoms with Crippen molar-refractivity contribution < 1.29 is 4.42 Å². The van der Waals surface area contributed by atoms with Crippen molar-refractivity contribution in [1.82, 2.24) is 9.97 Å². The Hall–Kier alpha value is -2.68. The van der Waals surface area contributed by atoms with E-state index in [-0.39, 0.29) is 0 Å². The van der Waals surface area contributed by atoms with E-state index in [4.69, 9.17) is 4.42 Å². The largest absolute Gasteiger partial charge is 0.441 e. The van der Waals surface area contributed by atoms with Gasteiger partial charge in [-0.05, 0) is 23.1 Å². The summed E-state index contributed by atoms with van der Waals surface area (Å²) in [7, 11) is 0. The maximum absolute atomic E-state index is 5.52. The number of aryl methyl sites for hydroxylation is 1. The van der Waals surface area contributed by atoms with Crippen LogP contribution in [0.3, 0.4) is 0 Å². The van der Waals surface area contributed by atoms with Crippen LogP contribution in [0.4, 0.5) is 0 Å². The first-order valence-corrected chi connectivity index (χ1v) is 6.51. The Morgan fingerprint density at radius 1 is 1.00 bits per heavy atom. The number of oxazole rings is 1. The molecule has 0 bridgehead atoms. The van der Waals surface area contributed by atoms with Gasteiger partial charge in [-0.25, -0.2) is 4.98 Å². The highest BCUT2D eigenvalue weighted by atomic mass is 16.3. The lowest BCUT2D eigenvalue weighted by Crippen LogP contribution is -1.83. The third-order valence-corrected chi connectivity index (χ3v) is 3.47. The lowest BCUT2D eigenvalue weighted by atomic mass is 10.0. The zero-order valence-electron chi connectivity index (χ0n) is 11.0. The van der Waals surface area contributed by atoms with Crippen molar-refractivity contribution in [2.75, 3.05) is 0 Å². The number of fused-ring (bicyclic) bond motifs is 2. The summed E-state index contributed by atoms with van der Waals surface area (Å²) in [6.45, 7) is 1.86. The van der Waals surface area contributed by atoms with Gasteiger partial charge in [-0.1, -0.05) is 30.3 Å². The van der Waals surface area contributed by atoms with Gasteiger partial charge in [-0.15, -0.1) is 0 Å². The monoisotopic (exact) mass is 260 g/mol. The van der Waals surface area contributed by atoms with Crippen molar-refractivity contribution in [1.29, 1.82) is 0 Å². The molecule has 4 aromatic rings. The number of pyridine rings is 1. The molecule has 3 nitrogen and oxygen atoms in total. The molecule has 4 rings (SSSR count). The van der Waals surface area contributed by atoms with E-state index in [1.807, 2.05) is 37.5 Å². The van der Waals surface area contributed by atoms with Crippen LogP contribution >= 0.6 is 0 Å². The van der Waals surface area contributed by atoms with Crippen molar-refractivity contribution in [3.63, 3.8) is 0 Å². The maximum atomic E-state index is 5.52. The smallest absolute Gasteiger partial charge is 0.192 e. The fraction of sp³-hybridized carbons (Fsp3) is 0.0588. The summed E-state index contributed by atoms with van der Waals surface area (Å²) in [5.41, 5.74) is 3.92. The zero-order valence-corrected chi connectivity index (χ0v) is 11.0. The molecule has 0 N–H and O–H groups in total. The SMILES string of the molecule is Cc1nc2cc(-c3cncc4ccccc34)ccc2o1. The molecule has 0 radical (unpaired) electrons. The lowest BCUT2D eigenvalue weighted by molar-refractivity contribution is 0.561. The minimum Gasteiger partial charge on any atom is -0.441 e. The average molecular weight is 260 g/mol. The van der Waals surface area contributed by atoms with Gasteiger partial charge in [0, 0.05) is 30.3 Å². The molecule has 96 valence electrons. The van der Waals surface area contributed by atoms with E-state index >= 15 is 0 Å². The van der Waals surface area contributed by atoms with Gasteiger partial charge in [0.15, 0.2) is 11.5 Å². The first-order chi connectivity index (χ1) is 9.81. The second-order valence-corrected chi connectivity index (χ2v) is 4.82. The van der Waals surface area contributed by atoms with Crippen LogP contribution in [-0.2, 0) is 0 Å². The summed E-state index contributed by atoms with van der Waals surface area (Å²) in [5, 5.41) is 2.34. The Morgan fingerprint density at radius 2 is 1.90 bits per heavy atom. The van der Waals surface area contributed by atoms with E-state index < -0.39 is 0 Å². The van der Waals surface area contributed by atoms with Crippen LogP contribution in [0.15, 0.2) is 59.3 Å². The van der Waals surface area contributed by atoms with Crippen LogP contribution in [0.5, 0.6) is 0 Å². The van der Waals surface area contributed by atoms with E-state index in [0.29, 0.717) is 5.89 Å². The molecule has 2 heterocycles. The molecule has 0 unspecified atom stereocenters. The fourth-order valence-corrected chi connectivity index (χ4v) is 2.56. The van der Waals surface area contributed by atoms with Gasteiger partial charge < -0.3 is 4.42 Å². The van der Waals surface area contributed by atoms with Crippen LogP contribution in [-0.4, -0.2) is 9.97 Å². The molecule has 0 aliphatic heterocycles. The van der Waals surface area contributed by atoms with E-state index in [2.05, 4.69) is 34.2 Å². The normalized spacial score (nSPS) is 11.2. The number of rotatable bonds is 1. The maximum Gasteiger partial charge on any atom is 0.192 e. The molecule has 20 heavy (non-hydrogen) atoms. The molecule has 0 aliphatic carbocycles. The number of nitrogens with zero attached hydrogens (tertiary/aromatic N) is 2. The fourth-order valence-electron chi connectivity index (χ4n) is 2.56. The molecule has 0 spiro atoms. The quantitative estimate of drug-likeness (QED) is 0.510. The lowest BCUT2D eigenvalue weighted by Gasteiger charge is -2.05. The van der Waals surface area contributed by atoms with Crippen molar-refractivity contribution in [2.45, 2.75) is 6.92 Å². The second kappa shape index (κ2) is 4.17. The molecule has 0 amide bonds. The van der Waals surface area contributed by atoms with E-state index in [1.54, 1.807) is 0 Å². The molecule has 3 heteroatoms. The van der Waals surface area contributed by atoms with Crippen LogP contribution in [0.2, 0.25) is 0 Å². The molecular formula is C17H12N2O. The van der Waals surface area contributed by atoms with E-state index in [0.717, 1.165) is 27.6 Å². The molecule has 0 aliphatic rings. The molecule has 0 fully saturated rings. The van der Waals surface area contributed by atoms with Crippen LogP contribution in [0.25, 0.3) is 33.0 Å². The van der Waals surface area contributed by atoms with Crippen molar-refractivity contribution >= 4 is 21.9 Å². The van der Waals surface area contributed by atoms with Gasteiger partial charge >= 0.3 is 0 Å². The van der Waals surface area contributed by atoms with Crippen molar-refractivity contribution in [2.24, 2.45) is 0 Å². The van der Waals surface area contributed by atoms with Crippen molar-refractivity contribution in [3.05, 3.63) is 60.7 Å². The molecular weight excluding hydrogens is 248 g/mol. The summed E-state index contributed by atoms with van der Waals surface area (Å²) in [6.07, 6.45) is 3.79. The number of aromatic nitrogens is 2.